The Balaban J connectivity index is 1.13. The van der Waals surface area contributed by atoms with Gasteiger partial charge in [0.25, 0.3) is 6.71 Å². The molecule has 5 heteroatoms. The Kier molecular flexibility index (Phi) is 11.1. The number of fused-ring (bicyclic) bond motifs is 10. The van der Waals surface area contributed by atoms with Crippen molar-refractivity contribution >= 4 is 100 Å². The largest absolute Gasteiger partial charge is 0.334 e. The Morgan fingerprint density at radius 1 is 0.418 bits per heavy atom. The SMILES string of the molecule is CC(C)(C)c1ccc(N2c3cc(C(C)(C)C)ccc3B3c4ccc(C(C)(C)C)cc4N(c4ccc5c(c4)sc4ccccc45)c4cc(N5c6ccc(-c7ccccc7)cc6C6(C)CCCCC56C)cc2c43)c(-c2ccccc2)c1. The number of benzene rings is 9. The highest BCUT2D eigenvalue weighted by molar-refractivity contribution is 7.25. The van der Waals surface area contributed by atoms with Gasteiger partial charge in [0.2, 0.25) is 0 Å². The summed E-state index contributed by atoms with van der Waals surface area (Å²) < 4.78 is 2.63. The third kappa shape index (κ3) is 7.65. The van der Waals surface area contributed by atoms with Gasteiger partial charge in [-0.05, 0) is 158 Å². The van der Waals surface area contributed by atoms with Crippen LogP contribution in [0.25, 0.3) is 42.4 Å². The van der Waals surface area contributed by atoms with Gasteiger partial charge in [-0.25, -0.2) is 0 Å². The van der Waals surface area contributed by atoms with Crippen LogP contribution in [0.3, 0.4) is 0 Å². The van der Waals surface area contributed by atoms with E-state index in [1.807, 2.05) is 11.3 Å². The van der Waals surface area contributed by atoms with E-state index >= 15 is 0 Å². The van der Waals surface area contributed by atoms with Crippen LogP contribution in [0.15, 0.2) is 188 Å². The van der Waals surface area contributed by atoms with Gasteiger partial charge in [-0.1, -0.05) is 203 Å². The highest BCUT2D eigenvalue weighted by atomic mass is 32.1. The lowest BCUT2D eigenvalue weighted by atomic mass is 9.33. The van der Waals surface area contributed by atoms with Gasteiger partial charge in [-0.3, -0.25) is 0 Å². The predicted octanol–water partition coefficient (Wildman–Crippen LogP) is 19.1. The van der Waals surface area contributed by atoms with E-state index in [-0.39, 0.29) is 33.9 Å². The van der Waals surface area contributed by atoms with Crippen molar-refractivity contribution in [3.63, 3.8) is 0 Å². The van der Waals surface area contributed by atoms with Gasteiger partial charge >= 0.3 is 0 Å². The average Bonchev–Trinajstić information content (AvgIpc) is 4.11. The van der Waals surface area contributed by atoms with Crippen LogP contribution in [0.4, 0.5) is 45.5 Å². The third-order valence-corrected chi connectivity index (χ3v) is 20.2. The molecule has 2 unspecified atom stereocenters. The lowest BCUT2D eigenvalue weighted by molar-refractivity contribution is 0.195. The zero-order chi connectivity index (χ0) is 54.5. The van der Waals surface area contributed by atoms with Crippen molar-refractivity contribution < 1.29 is 0 Å². The molecule has 0 radical (unpaired) electrons. The highest BCUT2D eigenvalue weighted by Gasteiger charge is 2.58. The van der Waals surface area contributed by atoms with Crippen molar-refractivity contribution in [1.82, 2.24) is 0 Å². The zero-order valence-corrected chi connectivity index (χ0v) is 48.9. The molecule has 1 fully saturated rings. The lowest BCUT2D eigenvalue weighted by Gasteiger charge is -2.51. The fourth-order valence-corrected chi connectivity index (χ4v) is 15.6. The van der Waals surface area contributed by atoms with Crippen LogP contribution in [-0.4, -0.2) is 12.3 Å². The minimum absolute atomic E-state index is 0.0310. The van der Waals surface area contributed by atoms with Crippen LogP contribution in [0.5, 0.6) is 0 Å². The summed E-state index contributed by atoms with van der Waals surface area (Å²) in [6.07, 6.45) is 4.67. The second-order valence-electron chi connectivity index (χ2n) is 26.9. The van der Waals surface area contributed by atoms with Gasteiger partial charge in [0.15, 0.2) is 0 Å². The van der Waals surface area contributed by atoms with E-state index in [1.54, 1.807) is 0 Å². The molecule has 1 aromatic heterocycles. The number of rotatable bonds is 5. The number of nitrogens with zero attached hydrogens (tertiary/aromatic N) is 3. The summed E-state index contributed by atoms with van der Waals surface area (Å²) in [5.74, 6) is 0. The molecule has 0 spiro atoms. The van der Waals surface area contributed by atoms with Crippen LogP contribution in [0.2, 0.25) is 0 Å². The number of hydrogen-bond donors (Lipinski definition) is 0. The molecule has 3 aliphatic heterocycles. The summed E-state index contributed by atoms with van der Waals surface area (Å²) in [6.45, 7) is 26.4. The van der Waals surface area contributed by atoms with Crippen molar-refractivity contribution in [2.45, 2.75) is 129 Å². The summed E-state index contributed by atoms with van der Waals surface area (Å²) in [6, 6.07) is 73.4. The summed E-state index contributed by atoms with van der Waals surface area (Å²) in [4.78, 5) is 8.22. The van der Waals surface area contributed by atoms with Crippen molar-refractivity contribution in [1.29, 1.82) is 0 Å². The zero-order valence-electron chi connectivity index (χ0n) is 48.1. The third-order valence-electron chi connectivity index (χ3n) is 19.1. The Hall–Kier alpha value is -7.34. The van der Waals surface area contributed by atoms with Crippen molar-refractivity contribution in [3.05, 3.63) is 210 Å². The topological polar surface area (TPSA) is 9.72 Å². The van der Waals surface area contributed by atoms with E-state index in [9.17, 15) is 0 Å². The summed E-state index contributed by atoms with van der Waals surface area (Å²) in [7, 11) is 0. The molecule has 9 aromatic carbocycles. The molecule has 392 valence electrons. The Morgan fingerprint density at radius 2 is 0.975 bits per heavy atom. The Morgan fingerprint density at radius 3 is 1.65 bits per heavy atom. The first-order valence-electron chi connectivity index (χ1n) is 29.0. The molecule has 14 rings (SSSR count). The minimum Gasteiger partial charge on any atom is -0.334 e. The Bertz CT molecular complexity index is 4100. The van der Waals surface area contributed by atoms with E-state index in [2.05, 4.69) is 279 Å². The molecular weight excluding hydrogens is 974 g/mol. The Labute approximate surface area is 473 Å². The number of thiophene rings is 1. The first kappa shape index (κ1) is 49.9. The quantitative estimate of drug-likeness (QED) is 0.159. The van der Waals surface area contributed by atoms with E-state index in [1.165, 1.54) is 139 Å². The first-order valence-corrected chi connectivity index (χ1v) is 29.8. The molecule has 2 atom stereocenters. The van der Waals surface area contributed by atoms with Crippen molar-refractivity contribution in [3.8, 4) is 22.3 Å². The summed E-state index contributed by atoms with van der Waals surface area (Å²) in [5.41, 5.74) is 24.0. The summed E-state index contributed by atoms with van der Waals surface area (Å²) >= 11 is 1.91. The molecule has 79 heavy (non-hydrogen) atoms. The molecular formula is C74H72BN3S. The molecule has 0 N–H and O–H groups in total. The molecule has 1 saturated carbocycles. The van der Waals surface area contributed by atoms with E-state index in [4.69, 9.17) is 0 Å². The first-order chi connectivity index (χ1) is 37.8. The van der Waals surface area contributed by atoms with E-state index in [0.29, 0.717) is 0 Å². The highest BCUT2D eigenvalue weighted by Crippen LogP contribution is 2.62. The maximum Gasteiger partial charge on any atom is 0.252 e. The molecule has 3 nitrogen and oxygen atoms in total. The molecule has 0 bridgehead atoms. The van der Waals surface area contributed by atoms with E-state index < -0.39 is 0 Å². The molecule has 4 aliphatic rings. The molecule has 0 amide bonds. The van der Waals surface area contributed by atoms with Crippen LogP contribution in [0.1, 0.15) is 124 Å². The van der Waals surface area contributed by atoms with Gasteiger partial charge in [-0.15, -0.1) is 11.3 Å². The van der Waals surface area contributed by atoms with Gasteiger partial charge < -0.3 is 14.7 Å². The van der Waals surface area contributed by atoms with Crippen molar-refractivity contribution in [2.24, 2.45) is 0 Å². The maximum absolute atomic E-state index is 2.83. The monoisotopic (exact) mass is 1050 g/mol. The molecule has 0 saturated heterocycles. The van der Waals surface area contributed by atoms with Crippen LogP contribution in [-0.2, 0) is 21.7 Å². The molecule has 4 heterocycles. The normalized spacial score (nSPS) is 18.6. The lowest BCUT2D eigenvalue weighted by Crippen LogP contribution is -2.61. The summed E-state index contributed by atoms with van der Waals surface area (Å²) in [5, 5.41) is 2.64. The smallest absolute Gasteiger partial charge is 0.252 e. The van der Waals surface area contributed by atoms with Gasteiger partial charge in [0, 0.05) is 71.0 Å². The number of anilines is 8. The second-order valence-corrected chi connectivity index (χ2v) is 28.0. The van der Waals surface area contributed by atoms with Gasteiger partial charge in [-0.2, -0.15) is 0 Å². The van der Waals surface area contributed by atoms with Crippen molar-refractivity contribution in [2.75, 3.05) is 14.7 Å². The van der Waals surface area contributed by atoms with E-state index in [0.717, 1.165) is 12.8 Å². The van der Waals surface area contributed by atoms with Gasteiger partial charge in [0.1, 0.15) is 0 Å². The fraction of sp³-hybridized carbons (Fsp3) is 0.270. The average molecular weight is 1050 g/mol. The fourth-order valence-electron chi connectivity index (χ4n) is 14.4. The van der Waals surface area contributed by atoms with Gasteiger partial charge in [0.05, 0.1) is 11.2 Å². The van der Waals surface area contributed by atoms with Crippen LogP contribution < -0.4 is 31.1 Å². The predicted molar refractivity (Wildman–Crippen MR) is 343 cm³/mol. The van der Waals surface area contributed by atoms with Crippen LogP contribution >= 0.6 is 11.3 Å². The second kappa shape index (κ2) is 17.6. The molecule has 10 aromatic rings. The molecule has 1 aliphatic carbocycles. The standard InChI is InChI=1S/C74H72BN3S/c1-70(2,3)50-31-37-61(57(41-50)48-24-16-13-17-25-48)77-64-43-52(72(7,8)9)30-35-60(64)75-59-34-29-51(71(4,5)6)42-63(59)76(53-32-33-56-55-26-18-19-27-67(55)79-68(56)46-53)65-44-54(45-66(77)69(65)75)78-62-36-28-49(47-22-14-12-15-23-47)40-58(62)73(10)38-20-21-39-74(73,78)11/h12-19,22-37,40-46H,20-21,38-39H2,1-11H3. The van der Waals surface area contributed by atoms with Crippen LogP contribution in [0, 0.1) is 0 Å². The number of hydrogen-bond acceptors (Lipinski definition) is 4. The maximum atomic E-state index is 2.83. The minimum atomic E-state index is -0.198.